The van der Waals surface area contributed by atoms with Crippen LogP contribution >= 0.6 is 0 Å². The van der Waals surface area contributed by atoms with Crippen molar-refractivity contribution < 1.29 is 25.8 Å². The molecule has 0 fully saturated rings. The van der Waals surface area contributed by atoms with Crippen molar-refractivity contribution in [3.05, 3.63) is 151 Å². The van der Waals surface area contributed by atoms with E-state index < -0.39 is 21.4 Å². The highest BCUT2D eigenvalue weighted by Crippen LogP contribution is 2.31. The van der Waals surface area contributed by atoms with Crippen molar-refractivity contribution in [3.63, 3.8) is 0 Å². The summed E-state index contributed by atoms with van der Waals surface area (Å²) in [6.45, 7) is 0. The van der Waals surface area contributed by atoms with Crippen molar-refractivity contribution >= 4 is 27.2 Å². The van der Waals surface area contributed by atoms with Gasteiger partial charge in [-0.05, 0) is 46.0 Å². The number of allylic oxidation sites excluding steroid dienone is 1. The van der Waals surface area contributed by atoms with Crippen LogP contribution in [0.25, 0.3) is 28.0 Å². The Hall–Kier alpha value is -5.35. The molecular weight excluding hydrogens is 587 g/mol. The smallest absolute Gasteiger partial charge is 0.376 e. The molecule has 0 atom stereocenters. The van der Waals surface area contributed by atoms with Gasteiger partial charge in [-0.3, -0.25) is 5.43 Å². The van der Waals surface area contributed by atoms with Crippen LogP contribution < -0.4 is 14.7 Å². The summed E-state index contributed by atoms with van der Waals surface area (Å²) in [5, 5.41) is 6.06. The van der Waals surface area contributed by atoms with Crippen LogP contribution in [0, 0.1) is 0 Å². The first-order valence-corrected chi connectivity index (χ1v) is 14.9. The number of nitrogens with one attached hydrogen (secondary N) is 1. The Morgan fingerprint density at radius 2 is 1.11 bits per heavy atom. The van der Waals surface area contributed by atoms with E-state index in [2.05, 4.69) is 14.7 Å². The van der Waals surface area contributed by atoms with Crippen molar-refractivity contribution in [2.45, 2.75) is 5.51 Å². The third-order valence-corrected chi connectivity index (χ3v) is 7.84. The maximum absolute atomic E-state index is 13.0. The number of hydrazine groups is 1. The van der Waals surface area contributed by atoms with Crippen LogP contribution in [0.2, 0.25) is 0 Å². The molecule has 0 saturated heterocycles. The lowest BCUT2D eigenvalue weighted by Gasteiger charge is -2.28. The molecule has 0 unspecified atom stereocenters. The molecule has 1 heterocycles. The minimum atomic E-state index is -5.85. The largest absolute Gasteiger partial charge is 0.534 e. The van der Waals surface area contributed by atoms with E-state index in [0.29, 0.717) is 11.4 Å². The minimum absolute atomic E-state index is 0.254. The molecule has 220 valence electrons. The quantitative estimate of drug-likeness (QED) is 0.149. The summed E-state index contributed by atoms with van der Waals surface area (Å²) in [4.78, 5) is 0. The van der Waals surface area contributed by atoms with E-state index in [4.69, 9.17) is 0 Å². The standard InChI is InChI=1S/C34H24F3N3O3S/c35-34(36,37)44(41,42)43-31-13-7-12-30(22-31)40-38-32(28-18-14-26(15-19-28)24-8-3-1-4-9-24)23-33(39-40)29-20-16-27(17-21-29)25-10-5-2-6-11-25/h1-23,38H. The Morgan fingerprint density at radius 1 is 0.614 bits per heavy atom. The molecule has 5 aromatic rings. The second-order valence-corrected chi connectivity index (χ2v) is 11.4. The second kappa shape index (κ2) is 11.7. The van der Waals surface area contributed by atoms with Crippen LogP contribution in [0.15, 0.2) is 145 Å². The van der Waals surface area contributed by atoms with Gasteiger partial charge < -0.3 is 4.18 Å². The maximum Gasteiger partial charge on any atom is 0.534 e. The highest BCUT2D eigenvalue weighted by Gasteiger charge is 2.48. The van der Waals surface area contributed by atoms with Crippen LogP contribution in [0.1, 0.15) is 11.1 Å². The minimum Gasteiger partial charge on any atom is -0.376 e. The molecule has 5 aromatic carbocycles. The number of nitrogens with zero attached hydrogens (tertiary/aromatic N) is 2. The lowest BCUT2D eigenvalue weighted by atomic mass is 10.00. The Labute approximate surface area is 252 Å². The van der Waals surface area contributed by atoms with Gasteiger partial charge in [-0.15, -0.1) is 0 Å². The topological polar surface area (TPSA) is 71.0 Å². The summed E-state index contributed by atoms with van der Waals surface area (Å²) < 4.78 is 66.5. The van der Waals surface area contributed by atoms with E-state index in [1.54, 1.807) is 6.07 Å². The summed E-state index contributed by atoms with van der Waals surface area (Å²) >= 11 is 0. The molecule has 0 radical (unpaired) electrons. The molecule has 1 aliphatic heterocycles. The van der Waals surface area contributed by atoms with Gasteiger partial charge in [-0.1, -0.05) is 115 Å². The Bertz CT molecular complexity index is 1940. The molecule has 1 N–H and O–H groups in total. The van der Waals surface area contributed by atoms with Gasteiger partial charge >= 0.3 is 15.6 Å². The molecule has 44 heavy (non-hydrogen) atoms. The van der Waals surface area contributed by atoms with Crippen LogP contribution in [0.5, 0.6) is 5.75 Å². The number of hydrogen-bond donors (Lipinski definition) is 1. The van der Waals surface area contributed by atoms with Gasteiger partial charge in [0.25, 0.3) is 0 Å². The van der Waals surface area contributed by atoms with Gasteiger partial charge in [-0.2, -0.15) is 31.8 Å². The number of rotatable bonds is 7. The van der Waals surface area contributed by atoms with Crippen molar-refractivity contribution in [3.8, 4) is 28.0 Å². The monoisotopic (exact) mass is 611 g/mol. The van der Waals surface area contributed by atoms with Gasteiger partial charge in [0.05, 0.1) is 17.1 Å². The Kier molecular flexibility index (Phi) is 7.67. The fraction of sp³-hybridized carbons (Fsp3) is 0.0294. The first kappa shape index (κ1) is 28.8. The fourth-order valence-electron chi connectivity index (χ4n) is 4.63. The summed E-state index contributed by atoms with van der Waals surface area (Å²) in [5.41, 5.74) is 4.91. The van der Waals surface area contributed by atoms with Crippen LogP contribution in [-0.4, -0.2) is 19.6 Å². The fourth-order valence-corrected chi connectivity index (χ4v) is 5.09. The SMILES string of the molecule is O=S(=O)(Oc1cccc(N2N=C(c3ccc(-c4ccccc4)cc3)C=C(c3ccc(-c4ccccc4)cc3)N2)c1)C(F)(F)F. The molecule has 0 bridgehead atoms. The molecule has 6 rings (SSSR count). The molecule has 1 aliphatic rings. The first-order chi connectivity index (χ1) is 21.2. The van der Waals surface area contributed by atoms with Crippen LogP contribution in [0.3, 0.4) is 0 Å². The highest BCUT2D eigenvalue weighted by atomic mass is 32.2. The normalized spacial score (nSPS) is 13.5. The van der Waals surface area contributed by atoms with Gasteiger partial charge in [0.15, 0.2) is 0 Å². The number of benzene rings is 5. The molecule has 0 spiro atoms. The molecule has 0 amide bonds. The predicted molar refractivity (Wildman–Crippen MR) is 166 cm³/mol. The zero-order valence-corrected chi connectivity index (χ0v) is 23.8. The molecule has 10 heteroatoms. The first-order valence-electron chi connectivity index (χ1n) is 13.5. The Morgan fingerprint density at radius 3 is 1.66 bits per heavy atom. The number of hydrogen-bond acceptors (Lipinski definition) is 6. The van der Waals surface area contributed by atoms with E-state index in [-0.39, 0.29) is 5.69 Å². The maximum atomic E-state index is 13.0. The third kappa shape index (κ3) is 6.20. The van der Waals surface area contributed by atoms with Crippen molar-refractivity contribution in [1.29, 1.82) is 0 Å². The number of hydrazone groups is 1. The average molecular weight is 612 g/mol. The molecule has 0 saturated carbocycles. The molecule has 0 aromatic heterocycles. The van der Waals surface area contributed by atoms with E-state index in [9.17, 15) is 21.6 Å². The summed E-state index contributed by atoms with van der Waals surface area (Å²) in [5.74, 6) is -0.506. The highest BCUT2D eigenvalue weighted by molar-refractivity contribution is 7.88. The summed E-state index contributed by atoms with van der Waals surface area (Å²) in [7, 11) is -5.85. The molecule has 0 aliphatic carbocycles. The number of alkyl halides is 3. The van der Waals surface area contributed by atoms with Crippen molar-refractivity contribution in [1.82, 2.24) is 5.43 Å². The lowest BCUT2D eigenvalue weighted by Crippen LogP contribution is -2.36. The second-order valence-electron chi connectivity index (χ2n) is 9.83. The summed E-state index contributed by atoms with van der Waals surface area (Å²) in [6.07, 6.45) is 1.88. The van der Waals surface area contributed by atoms with E-state index in [1.807, 2.05) is 115 Å². The van der Waals surface area contributed by atoms with Gasteiger partial charge in [0.2, 0.25) is 0 Å². The van der Waals surface area contributed by atoms with Gasteiger partial charge in [0.1, 0.15) is 5.75 Å². The van der Waals surface area contributed by atoms with Crippen molar-refractivity contribution in [2.24, 2.45) is 5.10 Å². The van der Waals surface area contributed by atoms with E-state index in [1.165, 1.54) is 11.2 Å². The van der Waals surface area contributed by atoms with E-state index >= 15 is 0 Å². The number of halogens is 3. The lowest BCUT2D eigenvalue weighted by molar-refractivity contribution is -0.0500. The van der Waals surface area contributed by atoms with Crippen molar-refractivity contribution in [2.75, 3.05) is 5.12 Å². The van der Waals surface area contributed by atoms with Crippen LogP contribution in [0.4, 0.5) is 18.9 Å². The van der Waals surface area contributed by atoms with E-state index in [0.717, 1.165) is 45.5 Å². The zero-order valence-electron chi connectivity index (χ0n) is 22.9. The van der Waals surface area contributed by atoms with Gasteiger partial charge in [0, 0.05) is 11.6 Å². The summed E-state index contributed by atoms with van der Waals surface area (Å²) in [6, 6.07) is 40.8. The molecule has 6 nitrogen and oxygen atoms in total. The van der Waals surface area contributed by atoms with Gasteiger partial charge in [-0.25, -0.2) is 0 Å². The van der Waals surface area contributed by atoms with Crippen LogP contribution in [-0.2, 0) is 10.1 Å². The third-order valence-electron chi connectivity index (χ3n) is 6.86. The number of anilines is 1. The molecular formula is C34H24F3N3O3S. The zero-order chi connectivity index (χ0) is 30.7. The average Bonchev–Trinajstić information content (AvgIpc) is 3.05. The Balaban J connectivity index is 1.36. The predicted octanol–water partition coefficient (Wildman–Crippen LogP) is 8.02.